The van der Waals surface area contributed by atoms with E-state index in [1.54, 1.807) is 23.1 Å². The number of thioether (sulfide) groups is 1. The van der Waals surface area contributed by atoms with E-state index in [1.807, 2.05) is 50.2 Å². The van der Waals surface area contributed by atoms with Crippen molar-refractivity contribution in [2.75, 3.05) is 18.1 Å². The fraction of sp³-hybridized carbons (Fsp3) is 0.385. The van der Waals surface area contributed by atoms with Crippen molar-refractivity contribution in [3.05, 3.63) is 79.3 Å². The van der Waals surface area contributed by atoms with Crippen molar-refractivity contribution in [2.24, 2.45) is 0 Å². The minimum Gasteiger partial charge on any atom is -0.461 e. The van der Waals surface area contributed by atoms with Crippen LogP contribution in [0.1, 0.15) is 53.8 Å². The van der Waals surface area contributed by atoms with E-state index in [1.165, 1.54) is 0 Å². The average molecular weight is 502 g/mol. The average Bonchev–Trinajstić information content (AvgIpc) is 3.21. The lowest BCUT2D eigenvalue weighted by Gasteiger charge is -2.36. The second-order valence-electron chi connectivity index (χ2n) is 8.32. The lowest BCUT2D eigenvalue weighted by molar-refractivity contribution is -0.138. The van der Waals surface area contributed by atoms with Crippen LogP contribution >= 0.6 is 34.7 Å². The van der Waals surface area contributed by atoms with Gasteiger partial charge in [-0.2, -0.15) is 11.8 Å². The number of carbonyl (C=O) groups is 2. The van der Waals surface area contributed by atoms with Crippen molar-refractivity contribution in [3.8, 4) is 0 Å². The molecule has 4 rings (SSSR count). The molecule has 1 N–H and O–H groups in total. The van der Waals surface area contributed by atoms with Gasteiger partial charge in [0.25, 0.3) is 0 Å². The van der Waals surface area contributed by atoms with Gasteiger partial charge < -0.3 is 10.1 Å². The first kappa shape index (κ1) is 24.1. The minimum absolute atomic E-state index is 0.00976. The summed E-state index contributed by atoms with van der Waals surface area (Å²) in [5.74, 6) is 1.07. The molecule has 0 saturated heterocycles. The van der Waals surface area contributed by atoms with Gasteiger partial charge in [-0.05, 0) is 55.7 Å². The molecule has 1 aromatic heterocycles. The molecular formula is C26H28ClNO3S2. The Morgan fingerprint density at radius 3 is 2.70 bits per heavy atom. The number of hydrogen-bond donors (Lipinski definition) is 1. The van der Waals surface area contributed by atoms with E-state index in [4.69, 9.17) is 16.3 Å². The third kappa shape index (κ3) is 5.08. The Labute approximate surface area is 208 Å². The maximum Gasteiger partial charge on any atom is 0.336 e. The van der Waals surface area contributed by atoms with Gasteiger partial charge in [-0.15, -0.1) is 11.3 Å². The highest BCUT2D eigenvalue weighted by Crippen LogP contribution is 2.47. The summed E-state index contributed by atoms with van der Waals surface area (Å²) in [7, 11) is 0. The van der Waals surface area contributed by atoms with E-state index >= 15 is 0 Å². The molecule has 0 fully saturated rings. The maximum atomic E-state index is 13.6. The van der Waals surface area contributed by atoms with E-state index < -0.39 is 5.92 Å². The topological polar surface area (TPSA) is 55.4 Å². The number of hydrogen-bond acceptors (Lipinski definition) is 6. The first-order valence-electron chi connectivity index (χ1n) is 11.2. The first-order valence-corrected chi connectivity index (χ1v) is 13.5. The Kier molecular flexibility index (Phi) is 7.67. The van der Waals surface area contributed by atoms with Gasteiger partial charge in [0.15, 0.2) is 5.78 Å². The third-order valence-electron chi connectivity index (χ3n) is 6.10. The molecule has 7 heteroatoms. The largest absolute Gasteiger partial charge is 0.461 e. The van der Waals surface area contributed by atoms with Gasteiger partial charge in [0.05, 0.1) is 11.5 Å². The van der Waals surface area contributed by atoms with Crippen LogP contribution in [-0.2, 0) is 14.3 Å². The maximum absolute atomic E-state index is 13.6. The van der Waals surface area contributed by atoms with Crippen LogP contribution in [0, 0.1) is 6.92 Å². The standard InChI is InChI=1S/C26H28ClNO3S2/c1-4-32-12-11-31-26(30)23-16(3)28-20-13-17(18-7-5-6-8-19(18)27)14-21(29)24(20)25(23)22-10-9-15(2)33-22/h5-10,17,25,28H,4,11-14H2,1-3H3/t17-,25-/m0/s1. The van der Waals surface area contributed by atoms with Crippen molar-refractivity contribution >= 4 is 46.5 Å². The number of benzene rings is 1. The summed E-state index contributed by atoms with van der Waals surface area (Å²) in [4.78, 5) is 28.9. The van der Waals surface area contributed by atoms with Crippen LogP contribution < -0.4 is 5.32 Å². The Bertz CT molecular complexity index is 1130. The highest BCUT2D eigenvalue weighted by Gasteiger charge is 2.42. The summed E-state index contributed by atoms with van der Waals surface area (Å²) < 4.78 is 5.63. The molecule has 2 atom stereocenters. The van der Waals surface area contributed by atoms with E-state index in [2.05, 4.69) is 12.2 Å². The molecule has 2 heterocycles. The number of rotatable bonds is 7. The van der Waals surface area contributed by atoms with Gasteiger partial charge in [-0.1, -0.05) is 36.7 Å². The highest BCUT2D eigenvalue weighted by atomic mass is 35.5. The first-order chi connectivity index (χ1) is 15.9. The molecule has 0 amide bonds. The van der Waals surface area contributed by atoms with Crippen LogP contribution in [0.15, 0.2) is 58.9 Å². The smallest absolute Gasteiger partial charge is 0.336 e. The highest BCUT2D eigenvalue weighted by molar-refractivity contribution is 7.99. The second-order valence-corrected chi connectivity index (χ2v) is 11.4. The summed E-state index contributed by atoms with van der Waals surface area (Å²) in [5.41, 5.74) is 3.88. The van der Waals surface area contributed by atoms with Gasteiger partial charge in [-0.3, -0.25) is 4.79 Å². The quantitative estimate of drug-likeness (QED) is 0.353. The van der Waals surface area contributed by atoms with Gasteiger partial charge in [0, 0.05) is 43.9 Å². The molecular weight excluding hydrogens is 474 g/mol. The van der Waals surface area contributed by atoms with Crippen LogP contribution in [0.4, 0.5) is 0 Å². The van der Waals surface area contributed by atoms with Gasteiger partial charge >= 0.3 is 5.97 Å². The number of allylic oxidation sites excluding steroid dienone is 3. The van der Waals surface area contributed by atoms with Crippen molar-refractivity contribution in [1.82, 2.24) is 5.32 Å². The molecule has 1 aromatic carbocycles. The molecule has 174 valence electrons. The summed E-state index contributed by atoms with van der Waals surface area (Å²) in [6.07, 6.45) is 1.05. The number of aryl methyl sites for hydroxylation is 1. The van der Waals surface area contributed by atoms with Crippen LogP contribution in [0.2, 0.25) is 5.02 Å². The number of ether oxygens (including phenoxy) is 1. The van der Waals surface area contributed by atoms with Crippen molar-refractivity contribution in [3.63, 3.8) is 0 Å². The molecule has 0 unspecified atom stereocenters. The Hall–Kier alpha value is -2.02. The van der Waals surface area contributed by atoms with E-state index in [0.717, 1.165) is 38.2 Å². The Balaban J connectivity index is 1.70. The number of Topliss-reactive ketones (excluding diaryl/α,β-unsaturated/α-hetero) is 1. The number of dihydropyridines is 1. The molecule has 33 heavy (non-hydrogen) atoms. The van der Waals surface area contributed by atoms with Crippen molar-refractivity contribution in [2.45, 2.75) is 45.4 Å². The zero-order chi connectivity index (χ0) is 23.5. The van der Waals surface area contributed by atoms with Crippen molar-refractivity contribution in [1.29, 1.82) is 0 Å². The number of halogens is 1. The molecule has 4 nitrogen and oxygen atoms in total. The molecule has 0 bridgehead atoms. The molecule has 2 aliphatic rings. The minimum atomic E-state index is -0.397. The normalized spacial score (nSPS) is 20.5. The van der Waals surface area contributed by atoms with E-state index in [9.17, 15) is 9.59 Å². The second kappa shape index (κ2) is 10.5. The zero-order valence-corrected chi connectivity index (χ0v) is 21.5. The van der Waals surface area contributed by atoms with Gasteiger partial charge in [0.1, 0.15) is 6.61 Å². The molecule has 1 aliphatic heterocycles. The number of esters is 1. The predicted molar refractivity (Wildman–Crippen MR) is 137 cm³/mol. The van der Waals surface area contributed by atoms with Crippen LogP contribution in [0.25, 0.3) is 0 Å². The Morgan fingerprint density at radius 1 is 1.21 bits per heavy atom. The summed E-state index contributed by atoms with van der Waals surface area (Å²) in [6, 6.07) is 11.8. The number of thiophene rings is 1. The zero-order valence-electron chi connectivity index (χ0n) is 19.1. The fourth-order valence-electron chi connectivity index (χ4n) is 4.64. The lowest BCUT2D eigenvalue weighted by Crippen LogP contribution is -2.36. The monoisotopic (exact) mass is 501 g/mol. The molecule has 2 aromatic rings. The number of ketones is 1. The third-order valence-corrected chi connectivity index (χ3v) is 8.38. The number of nitrogens with one attached hydrogen (secondary N) is 1. The summed E-state index contributed by atoms with van der Waals surface area (Å²) >= 11 is 9.81. The molecule has 1 aliphatic carbocycles. The van der Waals surface area contributed by atoms with Crippen molar-refractivity contribution < 1.29 is 14.3 Å². The molecule has 0 spiro atoms. The molecule has 0 radical (unpaired) electrons. The van der Waals surface area contributed by atoms with Crippen LogP contribution in [0.5, 0.6) is 0 Å². The van der Waals surface area contributed by atoms with Gasteiger partial charge in [0.2, 0.25) is 0 Å². The van der Waals surface area contributed by atoms with Crippen LogP contribution in [0.3, 0.4) is 0 Å². The Morgan fingerprint density at radius 2 is 2.00 bits per heavy atom. The summed E-state index contributed by atoms with van der Waals surface area (Å²) in [5, 5.41) is 4.08. The van der Waals surface area contributed by atoms with Gasteiger partial charge in [-0.25, -0.2) is 4.79 Å². The fourth-order valence-corrected chi connectivity index (χ4v) is 6.42. The lowest BCUT2D eigenvalue weighted by atomic mass is 9.73. The van der Waals surface area contributed by atoms with E-state index in [-0.39, 0.29) is 17.7 Å². The number of carbonyl (C=O) groups excluding carboxylic acids is 2. The molecule has 0 saturated carbocycles. The summed E-state index contributed by atoms with van der Waals surface area (Å²) in [6.45, 7) is 6.38. The predicted octanol–water partition coefficient (Wildman–Crippen LogP) is 6.37. The van der Waals surface area contributed by atoms with Crippen LogP contribution in [-0.4, -0.2) is 29.9 Å². The van der Waals surface area contributed by atoms with E-state index in [0.29, 0.717) is 35.6 Å². The SMILES string of the molecule is CCSCCOC(=O)C1=C(C)NC2=C(C(=O)C[C@@H](c3ccccc3Cl)C2)[C@H]1c1ccc(C)s1.